The Balaban J connectivity index is 2.11. The number of fused-ring (bicyclic) bond motifs is 1. The first-order chi connectivity index (χ1) is 12.8. The number of hydrogen-bond donors (Lipinski definition) is 2. The summed E-state index contributed by atoms with van der Waals surface area (Å²) in [6, 6.07) is 6.16. The number of nitrogens with zero attached hydrogens (tertiary/aromatic N) is 5. The van der Waals surface area contributed by atoms with E-state index in [2.05, 4.69) is 29.9 Å². The monoisotopic (exact) mass is 384 g/mol. The molecule has 4 aromatic rings. The van der Waals surface area contributed by atoms with Crippen LogP contribution >= 0.6 is 0 Å². The Morgan fingerprint density at radius 3 is 2.63 bits per heavy atom. The highest BCUT2D eigenvalue weighted by atomic mass is 32.2. The molecule has 0 aliphatic heterocycles. The van der Waals surface area contributed by atoms with Crippen LogP contribution in [0.1, 0.15) is 5.56 Å². The number of aryl methyl sites for hydroxylation is 1. The van der Waals surface area contributed by atoms with E-state index in [1.165, 1.54) is 18.5 Å². The molecule has 0 atom stereocenters. The van der Waals surface area contributed by atoms with Gasteiger partial charge in [-0.25, -0.2) is 14.6 Å². The van der Waals surface area contributed by atoms with Crippen LogP contribution in [0.25, 0.3) is 33.7 Å². The lowest BCUT2D eigenvalue weighted by atomic mass is 10.0. The maximum Gasteiger partial charge on any atom is 0.295 e. The minimum atomic E-state index is -4.49. The first-order valence-electron chi connectivity index (χ1n) is 7.63. The van der Waals surface area contributed by atoms with Gasteiger partial charge < -0.3 is 5.73 Å². The van der Waals surface area contributed by atoms with Crippen LogP contribution in [-0.2, 0) is 10.1 Å². The lowest BCUT2D eigenvalue weighted by Gasteiger charge is -2.11. The highest BCUT2D eigenvalue weighted by Crippen LogP contribution is 2.33. The van der Waals surface area contributed by atoms with Crippen LogP contribution in [-0.4, -0.2) is 38.2 Å². The summed E-state index contributed by atoms with van der Waals surface area (Å²) < 4.78 is 38.0. The smallest absolute Gasteiger partial charge is 0.295 e. The van der Waals surface area contributed by atoms with Crippen molar-refractivity contribution in [3.63, 3.8) is 0 Å². The number of rotatable bonds is 3. The molecule has 27 heavy (non-hydrogen) atoms. The summed E-state index contributed by atoms with van der Waals surface area (Å²) in [6.07, 6.45) is 3.03. The van der Waals surface area contributed by atoms with Gasteiger partial charge in [0, 0.05) is 17.1 Å². The van der Waals surface area contributed by atoms with Gasteiger partial charge in [0.15, 0.2) is 17.3 Å². The van der Waals surface area contributed by atoms with Gasteiger partial charge in [-0.15, -0.1) is 0 Å². The zero-order valence-corrected chi connectivity index (χ0v) is 14.7. The van der Waals surface area contributed by atoms with Crippen molar-refractivity contribution >= 4 is 26.8 Å². The fourth-order valence-electron chi connectivity index (χ4n) is 2.70. The first kappa shape index (κ1) is 17.0. The summed E-state index contributed by atoms with van der Waals surface area (Å²) in [5, 5.41) is 7.74. The van der Waals surface area contributed by atoms with Gasteiger partial charge in [-0.2, -0.15) is 8.42 Å². The van der Waals surface area contributed by atoms with E-state index in [-0.39, 0.29) is 33.5 Å². The summed E-state index contributed by atoms with van der Waals surface area (Å²) in [4.78, 5) is 12.5. The lowest BCUT2D eigenvalue weighted by Crippen LogP contribution is -2.04. The van der Waals surface area contributed by atoms with Crippen LogP contribution in [0, 0.1) is 6.92 Å². The number of nitrogen functional groups attached to an aromatic ring is 1. The molecule has 0 aliphatic rings. The Bertz CT molecular complexity index is 1290. The van der Waals surface area contributed by atoms with Crippen LogP contribution in [0.15, 0.2) is 46.2 Å². The Morgan fingerprint density at radius 1 is 1.11 bits per heavy atom. The minimum Gasteiger partial charge on any atom is -0.379 e. The molecular formula is C16H12N6O4S. The van der Waals surface area contributed by atoms with Gasteiger partial charge >= 0.3 is 0 Å². The Morgan fingerprint density at radius 2 is 1.93 bits per heavy atom. The Kier molecular flexibility index (Phi) is 3.82. The summed E-state index contributed by atoms with van der Waals surface area (Å²) in [6.45, 7) is 1.79. The third-order valence-corrected chi connectivity index (χ3v) is 4.80. The van der Waals surface area contributed by atoms with Crippen molar-refractivity contribution in [3.05, 3.63) is 42.2 Å². The van der Waals surface area contributed by atoms with Crippen molar-refractivity contribution in [1.29, 1.82) is 0 Å². The van der Waals surface area contributed by atoms with Crippen LogP contribution in [0.3, 0.4) is 0 Å². The Hall–Kier alpha value is -3.44. The fourth-order valence-corrected chi connectivity index (χ4v) is 3.37. The molecule has 0 saturated heterocycles. The summed E-state index contributed by atoms with van der Waals surface area (Å²) in [5.41, 5.74) is 7.55. The van der Waals surface area contributed by atoms with E-state index in [1.54, 1.807) is 25.1 Å². The minimum absolute atomic E-state index is 0.0107. The van der Waals surface area contributed by atoms with E-state index in [0.29, 0.717) is 10.9 Å². The third kappa shape index (κ3) is 2.98. The van der Waals surface area contributed by atoms with Crippen molar-refractivity contribution < 1.29 is 17.6 Å². The van der Waals surface area contributed by atoms with Gasteiger partial charge in [0.25, 0.3) is 10.1 Å². The van der Waals surface area contributed by atoms with Crippen LogP contribution in [0.5, 0.6) is 0 Å². The molecule has 3 heterocycles. The molecular weight excluding hydrogens is 372 g/mol. The highest BCUT2D eigenvalue weighted by molar-refractivity contribution is 7.86. The van der Waals surface area contributed by atoms with Crippen molar-refractivity contribution in [2.24, 2.45) is 0 Å². The lowest BCUT2D eigenvalue weighted by molar-refractivity contribution is 0.310. The van der Waals surface area contributed by atoms with Crippen molar-refractivity contribution in [2.45, 2.75) is 11.8 Å². The zero-order valence-electron chi connectivity index (χ0n) is 13.9. The van der Waals surface area contributed by atoms with Crippen LogP contribution < -0.4 is 5.73 Å². The van der Waals surface area contributed by atoms with Gasteiger partial charge in [0.05, 0.1) is 17.4 Å². The molecule has 4 rings (SSSR count). The molecule has 1 aromatic carbocycles. The molecule has 0 saturated carbocycles. The maximum absolute atomic E-state index is 11.9. The molecule has 0 aliphatic carbocycles. The average Bonchev–Trinajstić information content (AvgIpc) is 3.05. The van der Waals surface area contributed by atoms with Crippen LogP contribution in [0.2, 0.25) is 0 Å². The molecule has 10 nitrogen and oxygen atoms in total. The molecule has 0 amide bonds. The second kappa shape index (κ2) is 6.07. The summed E-state index contributed by atoms with van der Waals surface area (Å²) in [5.74, 6) is 0.0791. The van der Waals surface area contributed by atoms with E-state index in [9.17, 15) is 13.0 Å². The number of benzene rings is 1. The topological polar surface area (TPSA) is 158 Å². The van der Waals surface area contributed by atoms with Crippen LogP contribution in [0.4, 0.5) is 5.82 Å². The van der Waals surface area contributed by atoms with Gasteiger partial charge in [-0.3, -0.25) is 9.54 Å². The second-order valence-electron chi connectivity index (χ2n) is 5.76. The van der Waals surface area contributed by atoms with E-state index in [0.717, 1.165) is 5.56 Å². The molecule has 136 valence electrons. The molecule has 0 bridgehead atoms. The van der Waals surface area contributed by atoms with Crippen molar-refractivity contribution in [1.82, 2.24) is 25.3 Å². The normalized spacial score (nSPS) is 11.8. The number of aromatic nitrogens is 5. The molecule has 0 unspecified atom stereocenters. The van der Waals surface area contributed by atoms with E-state index >= 15 is 0 Å². The average molecular weight is 384 g/mol. The molecule has 0 fully saturated rings. The SMILES string of the molecule is Cc1ccc(S(=O)(=O)O)c(-c2nc(-c3nonc3N)nc3cnccc23)c1. The van der Waals surface area contributed by atoms with Gasteiger partial charge in [0.2, 0.25) is 0 Å². The van der Waals surface area contributed by atoms with E-state index < -0.39 is 10.1 Å². The second-order valence-corrected chi connectivity index (χ2v) is 7.15. The number of hydrogen-bond acceptors (Lipinski definition) is 9. The molecule has 11 heteroatoms. The van der Waals surface area contributed by atoms with Gasteiger partial charge in [0.1, 0.15) is 4.90 Å². The standard InChI is InChI=1S/C16H12N6O4S/c1-8-2-3-12(27(23,24)25)10(6-8)13-9-4-5-18-7-11(9)19-16(20-13)14-15(17)22-26-21-14/h2-7H,1H3,(H2,17,22)(H,23,24,25). The largest absolute Gasteiger partial charge is 0.379 e. The summed E-state index contributed by atoms with van der Waals surface area (Å²) in [7, 11) is -4.49. The van der Waals surface area contributed by atoms with Crippen molar-refractivity contribution in [3.8, 4) is 22.8 Å². The summed E-state index contributed by atoms with van der Waals surface area (Å²) >= 11 is 0. The Labute approximate surface area is 152 Å². The fraction of sp³-hybridized carbons (Fsp3) is 0.0625. The van der Waals surface area contributed by atoms with Gasteiger partial charge in [-0.05, 0) is 35.4 Å². The molecule has 0 spiro atoms. The van der Waals surface area contributed by atoms with Gasteiger partial charge in [-0.1, -0.05) is 11.6 Å². The maximum atomic E-state index is 11.9. The predicted octanol–water partition coefficient (Wildman–Crippen LogP) is 1.88. The predicted molar refractivity (Wildman–Crippen MR) is 95.0 cm³/mol. The molecule has 0 radical (unpaired) electrons. The number of nitrogens with two attached hydrogens (primary N) is 1. The van der Waals surface area contributed by atoms with E-state index in [1.807, 2.05) is 0 Å². The molecule has 3 N–H and O–H groups in total. The quantitative estimate of drug-likeness (QED) is 0.499. The molecule has 3 aromatic heterocycles. The van der Waals surface area contributed by atoms with E-state index in [4.69, 9.17) is 5.73 Å². The van der Waals surface area contributed by atoms with Crippen molar-refractivity contribution in [2.75, 3.05) is 5.73 Å². The third-order valence-electron chi connectivity index (χ3n) is 3.89. The zero-order chi connectivity index (χ0) is 19.2. The highest BCUT2D eigenvalue weighted by Gasteiger charge is 2.22. The first-order valence-corrected chi connectivity index (χ1v) is 9.07. The number of pyridine rings is 1. The number of anilines is 1.